The van der Waals surface area contributed by atoms with Crippen LogP contribution < -0.4 is 10.6 Å². The minimum Gasteiger partial charge on any atom is -0.481 e. The van der Waals surface area contributed by atoms with E-state index in [0.29, 0.717) is 5.56 Å². The molecule has 3 atom stereocenters. The summed E-state index contributed by atoms with van der Waals surface area (Å²) in [6.07, 6.45) is 0.244. The lowest BCUT2D eigenvalue weighted by Gasteiger charge is -2.22. The van der Waals surface area contributed by atoms with E-state index in [2.05, 4.69) is 10.6 Å². The first kappa shape index (κ1) is 18.1. The van der Waals surface area contributed by atoms with E-state index in [1.807, 2.05) is 0 Å². The van der Waals surface area contributed by atoms with Crippen molar-refractivity contribution in [1.29, 1.82) is 0 Å². The lowest BCUT2D eigenvalue weighted by molar-refractivity contribution is -0.146. The molecule has 0 radical (unpaired) electrons. The van der Waals surface area contributed by atoms with Crippen LogP contribution in [0, 0.1) is 5.92 Å². The summed E-state index contributed by atoms with van der Waals surface area (Å²) in [5.41, 5.74) is 0.700. The van der Waals surface area contributed by atoms with Crippen LogP contribution in [0.4, 0.5) is 0 Å². The molecule has 0 aliphatic carbocycles. The van der Waals surface area contributed by atoms with Crippen LogP contribution in [0.3, 0.4) is 0 Å². The van der Waals surface area contributed by atoms with Gasteiger partial charge >= 0.3 is 11.9 Å². The molecule has 1 aromatic carbocycles. The smallest absolute Gasteiger partial charge is 0.326 e. The Balaban J connectivity index is 2.85. The molecule has 0 saturated heterocycles. The van der Waals surface area contributed by atoms with E-state index >= 15 is 0 Å². The summed E-state index contributed by atoms with van der Waals surface area (Å²) in [6.45, 7) is 1.25. The van der Waals surface area contributed by atoms with Gasteiger partial charge in [0.15, 0.2) is 0 Å². The fraction of sp³-hybridized carbons (Fsp3) is 0.333. The summed E-state index contributed by atoms with van der Waals surface area (Å²) in [7, 11) is 0. The molecular weight excluding hydrogens is 304 g/mol. The van der Waals surface area contributed by atoms with Crippen LogP contribution in [0.1, 0.15) is 12.5 Å². The molecule has 4 N–H and O–H groups in total. The first-order valence-electron chi connectivity index (χ1n) is 6.86. The van der Waals surface area contributed by atoms with Crippen LogP contribution in [0.15, 0.2) is 30.3 Å². The second kappa shape index (κ2) is 8.52. The molecule has 0 bridgehead atoms. The normalized spacial score (nSPS) is 14.1. The summed E-state index contributed by atoms with van der Waals surface area (Å²) < 4.78 is 0. The second-order valence-corrected chi connectivity index (χ2v) is 4.98. The van der Waals surface area contributed by atoms with E-state index in [9.17, 15) is 24.3 Å². The van der Waals surface area contributed by atoms with Crippen LogP contribution in [0.25, 0.3) is 0 Å². The summed E-state index contributed by atoms with van der Waals surface area (Å²) in [6, 6.07) is 6.07. The van der Waals surface area contributed by atoms with Crippen molar-refractivity contribution in [3.63, 3.8) is 0 Å². The lowest BCUT2D eigenvalue weighted by Crippen LogP contribution is -2.54. The van der Waals surface area contributed by atoms with Crippen molar-refractivity contribution in [3.05, 3.63) is 35.9 Å². The topological polar surface area (TPSA) is 133 Å². The second-order valence-electron chi connectivity index (χ2n) is 4.98. The summed E-state index contributed by atoms with van der Waals surface area (Å²) in [4.78, 5) is 45.0. The van der Waals surface area contributed by atoms with Crippen LogP contribution in [-0.4, -0.2) is 46.6 Å². The molecule has 8 heteroatoms. The predicted octanol–water partition coefficient (Wildman–Crippen LogP) is -0.366. The fourth-order valence-corrected chi connectivity index (χ4v) is 1.97. The molecule has 1 unspecified atom stereocenters. The minimum absolute atomic E-state index is 0.0389. The van der Waals surface area contributed by atoms with E-state index in [0.717, 1.165) is 0 Å². The number of rotatable bonds is 9. The molecule has 0 aliphatic heterocycles. The van der Waals surface area contributed by atoms with Gasteiger partial charge in [0, 0.05) is 6.42 Å². The molecule has 0 aliphatic rings. The third kappa shape index (κ3) is 5.42. The van der Waals surface area contributed by atoms with Gasteiger partial charge in [0.1, 0.15) is 12.1 Å². The largest absolute Gasteiger partial charge is 0.481 e. The number of carbonyl (C=O) groups is 4. The number of carboxylic acids is 2. The third-order valence-electron chi connectivity index (χ3n) is 3.32. The number of nitrogens with one attached hydrogen (secondary N) is 2. The van der Waals surface area contributed by atoms with Crippen molar-refractivity contribution in [3.8, 4) is 0 Å². The molecule has 8 nitrogen and oxygen atoms in total. The Morgan fingerprint density at radius 3 is 2.22 bits per heavy atom. The monoisotopic (exact) mass is 322 g/mol. The Morgan fingerprint density at radius 1 is 1.13 bits per heavy atom. The van der Waals surface area contributed by atoms with Crippen molar-refractivity contribution in [2.24, 2.45) is 5.92 Å². The molecule has 1 aromatic rings. The van der Waals surface area contributed by atoms with Gasteiger partial charge in [-0.1, -0.05) is 30.3 Å². The lowest BCUT2D eigenvalue weighted by atomic mass is 10.00. The first-order valence-corrected chi connectivity index (χ1v) is 6.86. The van der Waals surface area contributed by atoms with Gasteiger partial charge in [0.2, 0.25) is 12.3 Å². The average Bonchev–Trinajstić information content (AvgIpc) is 2.51. The zero-order valence-corrected chi connectivity index (χ0v) is 12.4. The molecule has 0 saturated carbocycles. The fourth-order valence-electron chi connectivity index (χ4n) is 1.97. The number of amides is 2. The molecule has 23 heavy (non-hydrogen) atoms. The Morgan fingerprint density at radius 2 is 1.74 bits per heavy atom. The third-order valence-corrected chi connectivity index (χ3v) is 3.32. The first-order chi connectivity index (χ1) is 10.9. The number of hydrogen-bond donors (Lipinski definition) is 4. The minimum atomic E-state index is -1.36. The van der Waals surface area contributed by atoms with E-state index in [1.54, 1.807) is 30.3 Å². The van der Waals surface area contributed by atoms with Crippen molar-refractivity contribution in [2.45, 2.75) is 25.4 Å². The van der Waals surface area contributed by atoms with E-state index in [1.165, 1.54) is 6.92 Å². The summed E-state index contributed by atoms with van der Waals surface area (Å²) in [5.74, 6) is -4.61. The molecular formula is C15H18N2O6. The number of carbonyl (C=O) groups excluding carboxylic acids is 2. The van der Waals surface area contributed by atoms with Crippen LogP contribution >= 0.6 is 0 Å². The number of aliphatic carboxylic acids is 2. The van der Waals surface area contributed by atoms with Gasteiger partial charge in [0.05, 0.1) is 5.92 Å². The van der Waals surface area contributed by atoms with Gasteiger partial charge in [-0.25, -0.2) is 4.79 Å². The molecule has 0 heterocycles. The van der Waals surface area contributed by atoms with Crippen LogP contribution in [0.5, 0.6) is 0 Å². The van der Waals surface area contributed by atoms with Gasteiger partial charge in [-0.15, -0.1) is 0 Å². The highest BCUT2D eigenvalue weighted by atomic mass is 16.4. The number of carboxylic acid groups (broad SMARTS) is 2. The summed E-state index contributed by atoms with van der Waals surface area (Å²) in [5, 5.41) is 22.5. The Kier molecular flexibility index (Phi) is 6.72. The Labute approximate surface area is 132 Å². The molecule has 0 fully saturated rings. The van der Waals surface area contributed by atoms with Crippen LogP contribution in [-0.2, 0) is 25.6 Å². The highest BCUT2D eigenvalue weighted by Crippen LogP contribution is 2.07. The zero-order valence-electron chi connectivity index (χ0n) is 12.4. The van der Waals surface area contributed by atoms with Gasteiger partial charge < -0.3 is 20.8 Å². The Bertz CT molecular complexity index is 575. The molecule has 1 rings (SSSR count). The molecule has 0 spiro atoms. The van der Waals surface area contributed by atoms with E-state index in [4.69, 9.17) is 5.11 Å². The van der Waals surface area contributed by atoms with Crippen molar-refractivity contribution in [1.82, 2.24) is 10.6 Å². The number of benzene rings is 1. The van der Waals surface area contributed by atoms with Gasteiger partial charge in [-0.2, -0.15) is 0 Å². The zero-order chi connectivity index (χ0) is 17.4. The molecule has 2 amide bonds. The predicted molar refractivity (Wildman–Crippen MR) is 79.5 cm³/mol. The number of hydrogen-bond acceptors (Lipinski definition) is 4. The van der Waals surface area contributed by atoms with Crippen molar-refractivity contribution >= 4 is 24.3 Å². The molecule has 0 aromatic heterocycles. The highest BCUT2D eigenvalue weighted by Gasteiger charge is 2.32. The van der Waals surface area contributed by atoms with Gasteiger partial charge in [-0.05, 0) is 12.5 Å². The van der Waals surface area contributed by atoms with E-state index in [-0.39, 0.29) is 12.8 Å². The van der Waals surface area contributed by atoms with E-state index < -0.39 is 35.8 Å². The van der Waals surface area contributed by atoms with Crippen LogP contribution in [0.2, 0.25) is 0 Å². The highest BCUT2D eigenvalue weighted by molar-refractivity contribution is 5.91. The maximum absolute atomic E-state index is 12.1. The van der Waals surface area contributed by atoms with Gasteiger partial charge in [-0.3, -0.25) is 14.4 Å². The average molecular weight is 322 g/mol. The maximum atomic E-state index is 12.1. The Hall–Kier alpha value is -2.90. The SMILES string of the molecule is CC(C(=O)O)[C@H](NC=O)C(=O)N[C@@H](Cc1ccccc1)C(=O)O. The summed E-state index contributed by atoms with van der Waals surface area (Å²) >= 11 is 0. The van der Waals surface area contributed by atoms with Crippen molar-refractivity contribution < 1.29 is 29.4 Å². The molecule has 124 valence electrons. The quantitative estimate of drug-likeness (QED) is 0.459. The standard InChI is InChI=1S/C15H18N2O6/c1-9(14(20)21)12(16-8-18)13(19)17-11(15(22)23)7-10-5-3-2-4-6-10/h2-6,8-9,11-12H,7H2,1H3,(H,16,18)(H,17,19)(H,20,21)(H,22,23)/t9?,11-,12-/m0/s1. The van der Waals surface area contributed by atoms with Crippen molar-refractivity contribution in [2.75, 3.05) is 0 Å². The maximum Gasteiger partial charge on any atom is 0.326 e. The van der Waals surface area contributed by atoms with Gasteiger partial charge in [0.25, 0.3) is 0 Å².